The summed E-state index contributed by atoms with van der Waals surface area (Å²) in [7, 11) is 4.39. The molecule has 0 aromatic carbocycles. The van der Waals surface area contributed by atoms with Gasteiger partial charge in [0.1, 0.15) is 0 Å². The summed E-state index contributed by atoms with van der Waals surface area (Å²) in [6, 6.07) is 1.03. The summed E-state index contributed by atoms with van der Waals surface area (Å²) in [5.41, 5.74) is 0. The van der Waals surface area contributed by atoms with Crippen LogP contribution < -0.4 is 10.6 Å². The molecule has 0 radical (unpaired) electrons. The lowest BCUT2D eigenvalue weighted by molar-refractivity contribution is 0.119. The highest BCUT2D eigenvalue weighted by Crippen LogP contribution is 2.09. The molecule has 2 aliphatic rings. The zero-order valence-electron chi connectivity index (χ0n) is 13.5. The van der Waals surface area contributed by atoms with Crippen LogP contribution in [0.15, 0.2) is 17.1 Å². The highest BCUT2D eigenvalue weighted by Gasteiger charge is 2.22. The standard InChI is InChI=1S/C15H29N5.HI/c1-4-16-15(18-13-7-5-6-8-13)17-11-14-12-19(2)9-10-20(14)3;/h5-6,13-14H,4,7-12H2,1-3H3,(H2,16,17,18);1H. The Hall–Kier alpha value is -0.340. The molecule has 0 spiro atoms. The molecule has 2 rings (SSSR count). The van der Waals surface area contributed by atoms with Gasteiger partial charge in [0.25, 0.3) is 0 Å². The maximum absolute atomic E-state index is 4.78. The van der Waals surface area contributed by atoms with E-state index in [1.54, 1.807) is 0 Å². The lowest BCUT2D eigenvalue weighted by Crippen LogP contribution is -2.52. The van der Waals surface area contributed by atoms with Gasteiger partial charge in [-0.3, -0.25) is 9.89 Å². The van der Waals surface area contributed by atoms with Crippen LogP contribution in [-0.4, -0.2) is 74.7 Å². The molecule has 0 saturated carbocycles. The largest absolute Gasteiger partial charge is 0.357 e. The van der Waals surface area contributed by atoms with Gasteiger partial charge in [0.15, 0.2) is 5.96 Å². The van der Waals surface area contributed by atoms with Crippen molar-refractivity contribution in [2.75, 3.05) is 46.8 Å². The Morgan fingerprint density at radius 1 is 1.24 bits per heavy atom. The van der Waals surface area contributed by atoms with Crippen molar-refractivity contribution in [3.8, 4) is 0 Å². The Balaban J connectivity index is 0.00000220. The molecule has 1 aliphatic heterocycles. The normalized spacial score (nSPS) is 24.9. The van der Waals surface area contributed by atoms with Crippen molar-refractivity contribution in [1.29, 1.82) is 0 Å². The predicted octanol–water partition coefficient (Wildman–Crippen LogP) is 1.12. The molecular weight excluding hydrogens is 377 g/mol. The predicted molar refractivity (Wildman–Crippen MR) is 101 cm³/mol. The van der Waals surface area contributed by atoms with Crippen LogP contribution >= 0.6 is 24.0 Å². The first kappa shape index (κ1) is 18.7. The van der Waals surface area contributed by atoms with Crippen LogP contribution in [0.3, 0.4) is 0 Å². The number of piperazine rings is 1. The highest BCUT2D eigenvalue weighted by atomic mass is 127. The van der Waals surface area contributed by atoms with Crippen molar-refractivity contribution in [3.05, 3.63) is 12.2 Å². The van der Waals surface area contributed by atoms with Crippen LogP contribution in [0.4, 0.5) is 0 Å². The molecule has 1 saturated heterocycles. The van der Waals surface area contributed by atoms with Gasteiger partial charge in [0.05, 0.1) is 6.54 Å². The van der Waals surface area contributed by atoms with E-state index in [0.29, 0.717) is 12.1 Å². The van der Waals surface area contributed by atoms with Crippen molar-refractivity contribution in [2.24, 2.45) is 4.99 Å². The SMILES string of the molecule is CCNC(=NCC1CN(C)CCN1C)NC1CC=CC1.I. The van der Waals surface area contributed by atoms with Crippen LogP contribution in [0, 0.1) is 0 Å². The molecule has 2 N–H and O–H groups in total. The van der Waals surface area contributed by atoms with E-state index < -0.39 is 0 Å². The van der Waals surface area contributed by atoms with Gasteiger partial charge in [-0.05, 0) is 33.9 Å². The first-order valence-corrected chi connectivity index (χ1v) is 7.77. The monoisotopic (exact) mass is 407 g/mol. The Labute approximate surface area is 146 Å². The molecule has 1 heterocycles. The van der Waals surface area contributed by atoms with E-state index in [2.05, 4.69) is 53.6 Å². The lowest BCUT2D eigenvalue weighted by Gasteiger charge is -2.37. The van der Waals surface area contributed by atoms with E-state index >= 15 is 0 Å². The minimum Gasteiger partial charge on any atom is -0.357 e. The maximum atomic E-state index is 4.78. The number of halogens is 1. The van der Waals surface area contributed by atoms with E-state index in [4.69, 9.17) is 4.99 Å². The smallest absolute Gasteiger partial charge is 0.191 e. The van der Waals surface area contributed by atoms with Crippen LogP contribution in [0.25, 0.3) is 0 Å². The quantitative estimate of drug-likeness (QED) is 0.317. The van der Waals surface area contributed by atoms with E-state index in [-0.39, 0.29) is 24.0 Å². The molecule has 21 heavy (non-hydrogen) atoms. The summed E-state index contributed by atoms with van der Waals surface area (Å²) in [4.78, 5) is 9.59. The molecule has 0 amide bonds. The van der Waals surface area contributed by atoms with Gasteiger partial charge < -0.3 is 15.5 Å². The minimum absolute atomic E-state index is 0. The summed E-state index contributed by atoms with van der Waals surface area (Å²) < 4.78 is 0. The zero-order valence-corrected chi connectivity index (χ0v) is 15.8. The molecular formula is C15H30IN5. The van der Waals surface area contributed by atoms with Crippen LogP contribution in [0.5, 0.6) is 0 Å². The van der Waals surface area contributed by atoms with E-state index in [9.17, 15) is 0 Å². The fourth-order valence-corrected chi connectivity index (χ4v) is 2.74. The summed E-state index contributed by atoms with van der Waals surface area (Å²) in [6.07, 6.45) is 6.70. The van der Waals surface area contributed by atoms with Crippen molar-refractivity contribution < 1.29 is 0 Å². The van der Waals surface area contributed by atoms with Gasteiger partial charge in [-0.25, -0.2) is 0 Å². The fraction of sp³-hybridized carbons (Fsp3) is 0.800. The summed E-state index contributed by atoms with van der Waals surface area (Å²) in [5.74, 6) is 0.961. The van der Waals surface area contributed by atoms with Crippen LogP contribution in [-0.2, 0) is 0 Å². The fourth-order valence-electron chi connectivity index (χ4n) is 2.74. The van der Waals surface area contributed by atoms with Crippen molar-refractivity contribution >= 4 is 29.9 Å². The number of nitrogens with one attached hydrogen (secondary N) is 2. The second kappa shape index (κ2) is 9.63. The van der Waals surface area contributed by atoms with Crippen LogP contribution in [0.1, 0.15) is 19.8 Å². The topological polar surface area (TPSA) is 42.9 Å². The lowest BCUT2D eigenvalue weighted by atomic mass is 10.2. The molecule has 1 fully saturated rings. The van der Waals surface area contributed by atoms with Gasteiger partial charge in [-0.1, -0.05) is 12.2 Å². The Bertz CT molecular complexity index is 350. The van der Waals surface area contributed by atoms with E-state index in [1.165, 1.54) is 0 Å². The highest BCUT2D eigenvalue weighted by molar-refractivity contribution is 14.0. The van der Waals surface area contributed by atoms with Crippen molar-refractivity contribution in [2.45, 2.75) is 31.8 Å². The first-order valence-electron chi connectivity index (χ1n) is 7.77. The molecule has 1 unspecified atom stereocenters. The van der Waals surface area contributed by atoms with E-state index in [0.717, 1.165) is 51.5 Å². The first-order chi connectivity index (χ1) is 9.69. The second-order valence-electron chi connectivity index (χ2n) is 5.90. The number of hydrogen-bond acceptors (Lipinski definition) is 3. The van der Waals surface area contributed by atoms with Gasteiger partial charge in [-0.15, -0.1) is 24.0 Å². The van der Waals surface area contributed by atoms with Gasteiger partial charge >= 0.3 is 0 Å². The van der Waals surface area contributed by atoms with Gasteiger partial charge in [0, 0.05) is 38.3 Å². The molecule has 0 aromatic heterocycles. The Kier molecular flexibility index (Phi) is 8.58. The number of rotatable bonds is 4. The number of aliphatic imine (C=N–C) groups is 1. The number of guanidine groups is 1. The summed E-state index contributed by atoms with van der Waals surface area (Å²) >= 11 is 0. The Morgan fingerprint density at radius 3 is 2.62 bits per heavy atom. The minimum atomic E-state index is 0. The third-order valence-electron chi connectivity index (χ3n) is 4.13. The summed E-state index contributed by atoms with van der Waals surface area (Å²) in [6.45, 7) is 7.27. The third-order valence-corrected chi connectivity index (χ3v) is 4.13. The maximum Gasteiger partial charge on any atom is 0.191 e. The average Bonchev–Trinajstić information content (AvgIpc) is 2.93. The Morgan fingerprint density at radius 2 is 1.95 bits per heavy atom. The van der Waals surface area contributed by atoms with Crippen molar-refractivity contribution in [1.82, 2.24) is 20.4 Å². The van der Waals surface area contributed by atoms with Crippen LogP contribution in [0.2, 0.25) is 0 Å². The number of nitrogens with zero attached hydrogens (tertiary/aromatic N) is 3. The number of likely N-dealkylation sites (N-methyl/N-ethyl adjacent to an activating group) is 2. The summed E-state index contributed by atoms with van der Waals surface area (Å²) in [5, 5.41) is 6.88. The molecule has 6 heteroatoms. The second-order valence-corrected chi connectivity index (χ2v) is 5.90. The zero-order chi connectivity index (χ0) is 14.4. The molecule has 5 nitrogen and oxygen atoms in total. The van der Waals surface area contributed by atoms with E-state index in [1.807, 2.05) is 0 Å². The molecule has 0 aromatic rings. The average molecular weight is 407 g/mol. The van der Waals surface area contributed by atoms with Gasteiger partial charge in [0.2, 0.25) is 0 Å². The molecule has 122 valence electrons. The van der Waals surface area contributed by atoms with Crippen molar-refractivity contribution in [3.63, 3.8) is 0 Å². The molecule has 1 atom stereocenters. The number of hydrogen-bond donors (Lipinski definition) is 2. The molecule has 1 aliphatic carbocycles. The third kappa shape index (κ3) is 6.12. The van der Waals surface area contributed by atoms with Gasteiger partial charge in [-0.2, -0.15) is 0 Å². The molecule has 0 bridgehead atoms.